The van der Waals surface area contributed by atoms with Crippen LogP contribution in [0.25, 0.3) is 0 Å². The van der Waals surface area contributed by atoms with Gasteiger partial charge in [0.1, 0.15) is 5.82 Å². The first-order chi connectivity index (χ1) is 7.14. The lowest BCUT2D eigenvalue weighted by molar-refractivity contribution is 0.596. The van der Waals surface area contributed by atoms with Crippen LogP contribution in [0.3, 0.4) is 0 Å². The lowest BCUT2D eigenvalue weighted by Crippen LogP contribution is -2.39. The minimum absolute atomic E-state index is 0.0711. The monoisotopic (exact) mass is 208 g/mol. The van der Waals surface area contributed by atoms with Crippen LogP contribution >= 0.6 is 0 Å². The maximum atomic E-state index is 13.5. The molecule has 1 aliphatic carbocycles. The number of hydrogen-bond donors (Lipinski definition) is 1. The Morgan fingerprint density at radius 3 is 2.60 bits per heavy atom. The molecule has 3 heteroatoms. The molecule has 0 radical (unpaired) electrons. The van der Waals surface area contributed by atoms with Crippen molar-refractivity contribution in [1.29, 1.82) is 0 Å². The molecule has 0 aromatic heterocycles. The molecule has 0 amide bonds. The van der Waals surface area contributed by atoms with Gasteiger partial charge in [-0.1, -0.05) is 12.1 Å². The van der Waals surface area contributed by atoms with E-state index in [0.717, 1.165) is 25.9 Å². The van der Waals surface area contributed by atoms with Gasteiger partial charge in [0, 0.05) is 18.6 Å². The van der Waals surface area contributed by atoms with Crippen molar-refractivity contribution >= 4 is 5.69 Å². The van der Waals surface area contributed by atoms with E-state index in [4.69, 9.17) is 5.73 Å². The van der Waals surface area contributed by atoms with Crippen molar-refractivity contribution in [2.75, 3.05) is 18.0 Å². The number of halogens is 1. The predicted molar refractivity (Wildman–Crippen MR) is 60.4 cm³/mol. The highest BCUT2D eigenvalue weighted by Gasteiger charge is 2.39. The fourth-order valence-electron chi connectivity index (χ4n) is 1.77. The highest BCUT2D eigenvalue weighted by molar-refractivity contribution is 5.48. The maximum Gasteiger partial charge on any atom is 0.146 e. The van der Waals surface area contributed by atoms with Crippen LogP contribution in [0.4, 0.5) is 10.1 Å². The summed E-state index contributed by atoms with van der Waals surface area (Å²) in [5.74, 6) is -0.163. The predicted octanol–water partition coefficient (Wildman–Crippen LogP) is 2.14. The molecule has 1 fully saturated rings. The van der Waals surface area contributed by atoms with Crippen molar-refractivity contribution in [3.63, 3.8) is 0 Å². The largest absolute Gasteiger partial charge is 0.368 e. The van der Waals surface area contributed by atoms with Crippen LogP contribution in [0.1, 0.15) is 19.8 Å². The average Bonchev–Trinajstić information content (AvgIpc) is 2.95. The van der Waals surface area contributed by atoms with Gasteiger partial charge in [0.05, 0.1) is 5.69 Å². The van der Waals surface area contributed by atoms with Crippen LogP contribution < -0.4 is 10.6 Å². The van der Waals surface area contributed by atoms with E-state index < -0.39 is 0 Å². The van der Waals surface area contributed by atoms with E-state index in [1.54, 1.807) is 6.07 Å². The third-order valence-electron chi connectivity index (χ3n) is 2.97. The minimum Gasteiger partial charge on any atom is -0.368 e. The van der Waals surface area contributed by atoms with Gasteiger partial charge in [-0.25, -0.2) is 4.39 Å². The molecule has 82 valence electrons. The van der Waals surface area contributed by atoms with Gasteiger partial charge in [-0.3, -0.25) is 0 Å². The van der Waals surface area contributed by atoms with Gasteiger partial charge in [0.25, 0.3) is 0 Å². The Bertz CT molecular complexity index is 347. The van der Waals surface area contributed by atoms with E-state index in [2.05, 4.69) is 0 Å². The van der Waals surface area contributed by atoms with Gasteiger partial charge >= 0.3 is 0 Å². The summed E-state index contributed by atoms with van der Waals surface area (Å²) in [5, 5.41) is 0. The lowest BCUT2D eigenvalue weighted by atomic mass is 10.2. The van der Waals surface area contributed by atoms with Crippen molar-refractivity contribution in [3.05, 3.63) is 30.1 Å². The summed E-state index contributed by atoms with van der Waals surface area (Å²) in [6.45, 7) is 3.57. The molecule has 2 rings (SSSR count). The van der Waals surface area contributed by atoms with E-state index >= 15 is 0 Å². The molecule has 0 unspecified atom stereocenters. The van der Waals surface area contributed by atoms with Gasteiger partial charge in [-0.15, -0.1) is 0 Å². The Balaban J connectivity index is 2.15. The van der Waals surface area contributed by atoms with Gasteiger partial charge in [-0.05, 0) is 31.9 Å². The fraction of sp³-hybridized carbons (Fsp3) is 0.500. The molecule has 0 spiro atoms. The first-order valence-electron chi connectivity index (χ1n) is 5.43. The highest BCUT2D eigenvalue weighted by Crippen LogP contribution is 2.34. The standard InChI is InChI=1S/C12H17FN2/c1-2-15(9-12(14)7-8-12)11-6-4-3-5-10(11)13/h3-6H,2,7-9,14H2,1H3. The van der Waals surface area contributed by atoms with E-state index in [9.17, 15) is 4.39 Å². The van der Waals surface area contributed by atoms with Crippen molar-refractivity contribution in [3.8, 4) is 0 Å². The molecule has 2 nitrogen and oxygen atoms in total. The first kappa shape index (κ1) is 10.4. The van der Waals surface area contributed by atoms with Crippen LogP contribution in [0.5, 0.6) is 0 Å². The lowest BCUT2D eigenvalue weighted by Gasteiger charge is -2.26. The number of hydrogen-bond acceptors (Lipinski definition) is 2. The molecular weight excluding hydrogens is 191 g/mol. The summed E-state index contributed by atoms with van der Waals surface area (Å²) in [4.78, 5) is 2.02. The Hall–Kier alpha value is -1.09. The second kappa shape index (κ2) is 3.81. The van der Waals surface area contributed by atoms with Crippen molar-refractivity contribution in [2.24, 2.45) is 5.73 Å². The van der Waals surface area contributed by atoms with Gasteiger partial charge < -0.3 is 10.6 Å². The number of benzene rings is 1. The molecule has 1 aromatic rings. The molecule has 0 bridgehead atoms. The average molecular weight is 208 g/mol. The number of para-hydroxylation sites is 1. The summed E-state index contributed by atoms with van der Waals surface area (Å²) in [6, 6.07) is 6.87. The topological polar surface area (TPSA) is 29.3 Å². The quantitative estimate of drug-likeness (QED) is 0.821. The smallest absolute Gasteiger partial charge is 0.146 e. The summed E-state index contributed by atoms with van der Waals surface area (Å²) < 4.78 is 13.5. The van der Waals surface area contributed by atoms with E-state index in [1.165, 1.54) is 6.07 Å². The van der Waals surface area contributed by atoms with Crippen molar-refractivity contribution in [2.45, 2.75) is 25.3 Å². The molecule has 0 aliphatic heterocycles. The first-order valence-corrected chi connectivity index (χ1v) is 5.43. The normalized spacial score (nSPS) is 17.5. The highest BCUT2D eigenvalue weighted by atomic mass is 19.1. The molecule has 15 heavy (non-hydrogen) atoms. The van der Waals surface area contributed by atoms with Crippen molar-refractivity contribution < 1.29 is 4.39 Å². The van der Waals surface area contributed by atoms with E-state index in [1.807, 2.05) is 24.0 Å². The summed E-state index contributed by atoms with van der Waals surface area (Å²) >= 11 is 0. The molecule has 1 aromatic carbocycles. The molecule has 2 N–H and O–H groups in total. The van der Waals surface area contributed by atoms with Gasteiger partial charge in [-0.2, -0.15) is 0 Å². The van der Waals surface area contributed by atoms with Crippen LogP contribution in [0.2, 0.25) is 0 Å². The Morgan fingerprint density at radius 2 is 2.07 bits per heavy atom. The molecule has 0 saturated heterocycles. The van der Waals surface area contributed by atoms with E-state index in [0.29, 0.717) is 5.69 Å². The van der Waals surface area contributed by atoms with Crippen LogP contribution in [0, 0.1) is 5.82 Å². The number of anilines is 1. The SMILES string of the molecule is CCN(CC1(N)CC1)c1ccccc1F. The van der Waals surface area contributed by atoms with Crippen LogP contribution in [-0.4, -0.2) is 18.6 Å². The zero-order chi connectivity index (χ0) is 10.9. The Kier molecular flexibility index (Phi) is 2.65. The summed E-state index contributed by atoms with van der Waals surface area (Å²) in [6.07, 6.45) is 2.11. The second-order valence-electron chi connectivity index (χ2n) is 4.33. The number of nitrogens with zero attached hydrogens (tertiary/aromatic N) is 1. The Morgan fingerprint density at radius 1 is 1.40 bits per heavy atom. The van der Waals surface area contributed by atoms with Crippen LogP contribution in [-0.2, 0) is 0 Å². The summed E-state index contributed by atoms with van der Waals surface area (Å²) in [5.41, 5.74) is 6.64. The number of likely N-dealkylation sites (N-methyl/N-ethyl adjacent to an activating group) is 1. The van der Waals surface area contributed by atoms with E-state index in [-0.39, 0.29) is 11.4 Å². The number of rotatable bonds is 4. The summed E-state index contributed by atoms with van der Waals surface area (Å²) in [7, 11) is 0. The van der Waals surface area contributed by atoms with Gasteiger partial charge in [0.15, 0.2) is 0 Å². The molecule has 1 saturated carbocycles. The van der Waals surface area contributed by atoms with Gasteiger partial charge in [0.2, 0.25) is 0 Å². The maximum absolute atomic E-state index is 13.5. The van der Waals surface area contributed by atoms with Crippen molar-refractivity contribution in [1.82, 2.24) is 0 Å². The zero-order valence-electron chi connectivity index (χ0n) is 9.04. The molecule has 0 heterocycles. The third-order valence-corrected chi connectivity index (χ3v) is 2.97. The molecule has 1 aliphatic rings. The van der Waals surface area contributed by atoms with Crippen LogP contribution in [0.15, 0.2) is 24.3 Å². The zero-order valence-corrected chi connectivity index (χ0v) is 9.04. The fourth-order valence-corrected chi connectivity index (χ4v) is 1.77. The number of nitrogens with two attached hydrogens (primary N) is 1. The minimum atomic E-state index is -0.163. The Labute approximate surface area is 89.9 Å². The third kappa shape index (κ3) is 2.29. The molecule has 0 atom stereocenters. The molecular formula is C12H17FN2. The second-order valence-corrected chi connectivity index (χ2v) is 4.33.